The molecule has 1 aliphatic heterocycles. The molecule has 0 aromatic heterocycles. The van der Waals surface area contributed by atoms with Gasteiger partial charge in [0.1, 0.15) is 0 Å². The van der Waals surface area contributed by atoms with E-state index in [0.29, 0.717) is 11.3 Å². The Labute approximate surface area is 180 Å². The number of alkyl halides is 3. The van der Waals surface area contributed by atoms with E-state index in [0.717, 1.165) is 6.07 Å². The lowest BCUT2D eigenvalue weighted by molar-refractivity contribution is -0.137. The molecular formula is C19H14Cl2F3N3OS. The number of carbonyl (C=O) groups is 1. The number of para-hydroxylation sites is 1. The number of nitrogens with one attached hydrogen (secondary N) is 3. The first-order valence-corrected chi connectivity index (χ1v) is 9.45. The second kappa shape index (κ2) is 8.22. The molecule has 1 amide bonds. The van der Waals surface area contributed by atoms with Gasteiger partial charge in [-0.3, -0.25) is 4.79 Å². The molecule has 0 saturated heterocycles. The summed E-state index contributed by atoms with van der Waals surface area (Å²) >= 11 is 17.5. The molecule has 1 unspecified atom stereocenters. The van der Waals surface area contributed by atoms with Gasteiger partial charge < -0.3 is 16.0 Å². The summed E-state index contributed by atoms with van der Waals surface area (Å²) in [6, 6.07) is 8.84. The van der Waals surface area contributed by atoms with Gasteiger partial charge in [0.15, 0.2) is 5.11 Å². The van der Waals surface area contributed by atoms with E-state index in [1.54, 1.807) is 25.1 Å². The monoisotopic (exact) mass is 459 g/mol. The minimum Gasteiger partial charge on any atom is -0.351 e. The van der Waals surface area contributed by atoms with Crippen molar-refractivity contribution in [1.29, 1.82) is 0 Å². The maximum absolute atomic E-state index is 13.3. The van der Waals surface area contributed by atoms with Crippen LogP contribution in [0.4, 0.5) is 18.9 Å². The fraction of sp³-hybridized carbons (Fsp3) is 0.158. The molecule has 0 aliphatic carbocycles. The summed E-state index contributed by atoms with van der Waals surface area (Å²) in [5, 5.41) is 8.83. The number of hydrogen-bond donors (Lipinski definition) is 3. The first-order valence-electron chi connectivity index (χ1n) is 8.29. The first kappa shape index (κ1) is 21.4. The zero-order chi connectivity index (χ0) is 21.3. The van der Waals surface area contributed by atoms with Crippen molar-refractivity contribution in [3.05, 3.63) is 74.9 Å². The standard InChI is InChI=1S/C19H14Cl2F3N3OS/c1-9-14(17(28)26-13-8-3-2-6-11(13)19(22,23)24)16(27-18(29)25-9)10-5-4-7-12(20)15(10)21/h2-8,16H,1H3,(H,26,28)(H2,25,27,29). The molecule has 10 heteroatoms. The van der Waals surface area contributed by atoms with E-state index < -0.39 is 23.7 Å². The van der Waals surface area contributed by atoms with Crippen LogP contribution in [-0.2, 0) is 11.0 Å². The van der Waals surface area contributed by atoms with E-state index in [4.69, 9.17) is 35.4 Å². The van der Waals surface area contributed by atoms with E-state index in [-0.39, 0.29) is 26.4 Å². The maximum Gasteiger partial charge on any atom is 0.418 e. The molecule has 0 radical (unpaired) electrons. The van der Waals surface area contributed by atoms with Gasteiger partial charge in [0.25, 0.3) is 5.91 Å². The van der Waals surface area contributed by atoms with Crippen LogP contribution in [0, 0.1) is 0 Å². The van der Waals surface area contributed by atoms with Crippen LogP contribution in [-0.4, -0.2) is 11.0 Å². The summed E-state index contributed by atoms with van der Waals surface area (Å²) in [5.74, 6) is -0.734. The van der Waals surface area contributed by atoms with Crippen LogP contribution in [0.3, 0.4) is 0 Å². The summed E-state index contributed by atoms with van der Waals surface area (Å²) in [7, 11) is 0. The van der Waals surface area contributed by atoms with Crippen molar-refractivity contribution in [2.24, 2.45) is 0 Å². The zero-order valence-corrected chi connectivity index (χ0v) is 17.2. The Morgan fingerprint density at radius 2 is 1.83 bits per heavy atom. The smallest absolute Gasteiger partial charge is 0.351 e. The van der Waals surface area contributed by atoms with Crippen molar-refractivity contribution < 1.29 is 18.0 Å². The lowest BCUT2D eigenvalue weighted by Crippen LogP contribution is -2.46. The van der Waals surface area contributed by atoms with Gasteiger partial charge in [0.2, 0.25) is 0 Å². The largest absolute Gasteiger partial charge is 0.418 e. The summed E-state index contributed by atoms with van der Waals surface area (Å²) in [6.07, 6.45) is -4.62. The Kier molecular flexibility index (Phi) is 6.07. The molecule has 3 rings (SSSR count). The Hall–Kier alpha value is -2.29. The molecule has 0 saturated carbocycles. The predicted octanol–water partition coefficient (Wildman–Crippen LogP) is 5.44. The molecule has 29 heavy (non-hydrogen) atoms. The number of allylic oxidation sites excluding steroid dienone is 1. The van der Waals surface area contributed by atoms with Crippen LogP contribution in [0.1, 0.15) is 24.1 Å². The second-order valence-electron chi connectivity index (χ2n) is 6.21. The summed E-state index contributed by atoms with van der Waals surface area (Å²) in [5.41, 5.74) is -0.307. The minimum absolute atomic E-state index is 0.139. The molecule has 2 aromatic rings. The molecule has 1 atom stereocenters. The fourth-order valence-electron chi connectivity index (χ4n) is 3.00. The molecule has 0 fully saturated rings. The van der Waals surface area contributed by atoms with Crippen LogP contribution >= 0.6 is 35.4 Å². The summed E-state index contributed by atoms with van der Waals surface area (Å²) < 4.78 is 39.8. The number of carbonyl (C=O) groups excluding carboxylic acids is 1. The molecule has 0 bridgehead atoms. The molecule has 1 heterocycles. The average Bonchev–Trinajstić information content (AvgIpc) is 2.62. The van der Waals surface area contributed by atoms with Crippen LogP contribution < -0.4 is 16.0 Å². The van der Waals surface area contributed by atoms with Crippen LogP contribution in [0.5, 0.6) is 0 Å². The van der Waals surface area contributed by atoms with Crippen molar-refractivity contribution in [3.8, 4) is 0 Å². The van der Waals surface area contributed by atoms with Gasteiger partial charge in [-0.05, 0) is 42.9 Å². The third-order valence-electron chi connectivity index (χ3n) is 4.29. The van der Waals surface area contributed by atoms with E-state index in [9.17, 15) is 18.0 Å². The van der Waals surface area contributed by atoms with Gasteiger partial charge in [0, 0.05) is 5.70 Å². The molecule has 2 aromatic carbocycles. The normalized spacial score (nSPS) is 16.9. The first-order chi connectivity index (χ1) is 13.6. The second-order valence-corrected chi connectivity index (χ2v) is 7.40. The molecule has 3 N–H and O–H groups in total. The molecular weight excluding hydrogens is 446 g/mol. The highest BCUT2D eigenvalue weighted by Gasteiger charge is 2.36. The van der Waals surface area contributed by atoms with Crippen LogP contribution in [0.15, 0.2) is 53.7 Å². The minimum atomic E-state index is -4.62. The Bertz CT molecular complexity index is 1020. The Balaban J connectivity index is 2.03. The molecule has 4 nitrogen and oxygen atoms in total. The van der Waals surface area contributed by atoms with Gasteiger partial charge in [-0.2, -0.15) is 13.2 Å². The van der Waals surface area contributed by atoms with Gasteiger partial charge >= 0.3 is 6.18 Å². The SMILES string of the molecule is CC1=C(C(=O)Nc2ccccc2C(F)(F)F)C(c2cccc(Cl)c2Cl)NC(=S)N1. The fourth-order valence-corrected chi connectivity index (χ4v) is 3.69. The highest BCUT2D eigenvalue weighted by Crippen LogP contribution is 2.37. The summed E-state index contributed by atoms with van der Waals surface area (Å²) in [4.78, 5) is 13.0. The topological polar surface area (TPSA) is 53.2 Å². The quantitative estimate of drug-likeness (QED) is 0.534. The van der Waals surface area contributed by atoms with E-state index in [1.165, 1.54) is 18.2 Å². The number of halogens is 5. The van der Waals surface area contributed by atoms with Crippen molar-refractivity contribution in [2.45, 2.75) is 19.1 Å². The van der Waals surface area contributed by atoms with Crippen LogP contribution in [0.25, 0.3) is 0 Å². The number of thiocarbonyl (C=S) groups is 1. The Morgan fingerprint density at radius 3 is 2.52 bits per heavy atom. The summed E-state index contributed by atoms with van der Waals surface area (Å²) in [6.45, 7) is 1.60. The number of rotatable bonds is 3. The van der Waals surface area contributed by atoms with Crippen molar-refractivity contribution in [1.82, 2.24) is 10.6 Å². The molecule has 1 aliphatic rings. The number of benzene rings is 2. The number of amides is 1. The zero-order valence-electron chi connectivity index (χ0n) is 14.8. The van der Waals surface area contributed by atoms with Crippen molar-refractivity contribution >= 4 is 52.1 Å². The molecule has 152 valence electrons. The highest BCUT2D eigenvalue weighted by atomic mass is 35.5. The van der Waals surface area contributed by atoms with E-state index in [1.807, 2.05) is 0 Å². The number of anilines is 1. The Morgan fingerprint density at radius 1 is 1.14 bits per heavy atom. The van der Waals surface area contributed by atoms with Crippen molar-refractivity contribution in [3.63, 3.8) is 0 Å². The maximum atomic E-state index is 13.3. The lowest BCUT2D eigenvalue weighted by Gasteiger charge is -2.31. The lowest BCUT2D eigenvalue weighted by atomic mass is 9.94. The van der Waals surface area contributed by atoms with E-state index in [2.05, 4.69) is 16.0 Å². The van der Waals surface area contributed by atoms with Crippen LogP contribution in [0.2, 0.25) is 10.0 Å². The van der Waals surface area contributed by atoms with Gasteiger partial charge in [0.05, 0.1) is 32.9 Å². The average molecular weight is 460 g/mol. The third kappa shape index (κ3) is 4.49. The molecule has 0 spiro atoms. The third-order valence-corrected chi connectivity index (χ3v) is 5.34. The van der Waals surface area contributed by atoms with Gasteiger partial charge in [-0.25, -0.2) is 0 Å². The predicted molar refractivity (Wildman–Crippen MR) is 111 cm³/mol. The highest BCUT2D eigenvalue weighted by molar-refractivity contribution is 7.80. The number of hydrogen-bond acceptors (Lipinski definition) is 2. The van der Waals surface area contributed by atoms with Crippen molar-refractivity contribution in [2.75, 3.05) is 5.32 Å². The van der Waals surface area contributed by atoms with Gasteiger partial charge in [-0.15, -0.1) is 0 Å². The van der Waals surface area contributed by atoms with E-state index >= 15 is 0 Å². The van der Waals surface area contributed by atoms with Gasteiger partial charge in [-0.1, -0.05) is 47.5 Å².